The normalized spacial score (nSPS) is 17.3. The van der Waals surface area contributed by atoms with E-state index in [9.17, 15) is 14.4 Å². The summed E-state index contributed by atoms with van der Waals surface area (Å²) in [5.41, 5.74) is 2.00. The SMILES string of the molecule is CCCC1=C(C(=O)OCC)[C@@H](c2ccc3c(c2)OCO3)n2c(s/c(=C/c3ccc(OCC(=O)N4CCOCC4)c(OCC)c3)c2=O)=N1. The number of carbonyl (C=O) groups is 2. The smallest absolute Gasteiger partial charge is 0.338 e. The highest BCUT2D eigenvalue weighted by molar-refractivity contribution is 7.07. The Bertz CT molecular complexity index is 1870. The van der Waals surface area contributed by atoms with Gasteiger partial charge in [0.1, 0.15) is 0 Å². The van der Waals surface area contributed by atoms with Crippen molar-refractivity contribution in [2.24, 2.45) is 4.99 Å². The maximum absolute atomic E-state index is 14.2. The van der Waals surface area contributed by atoms with Crippen LogP contribution in [0.1, 0.15) is 50.8 Å². The fourth-order valence-corrected chi connectivity index (χ4v) is 6.74. The van der Waals surface area contributed by atoms with Crippen LogP contribution >= 0.6 is 11.3 Å². The van der Waals surface area contributed by atoms with E-state index in [0.717, 1.165) is 6.42 Å². The number of esters is 1. The highest BCUT2D eigenvalue weighted by Gasteiger charge is 2.35. The maximum atomic E-state index is 14.2. The molecule has 3 aliphatic heterocycles. The van der Waals surface area contributed by atoms with E-state index >= 15 is 0 Å². The number of amides is 1. The number of allylic oxidation sites excluding steroid dienone is 1. The molecule has 3 aliphatic rings. The summed E-state index contributed by atoms with van der Waals surface area (Å²) in [6.45, 7) is 8.25. The second-order valence-electron chi connectivity index (χ2n) is 10.9. The van der Waals surface area contributed by atoms with Crippen LogP contribution in [0.15, 0.2) is 57.5 Å². The maximum Gasteiger partial charge on any atom is 0.338 e. The molecule has 0 bridgehead atoms. The van der Waals surface area contributed by atoms with E-state index in [0.29, 0.717) is 94.1 Å². The lowest BCUT2D eigenvalue weighted by Gasteiger charge is -2.26. The van der Waals surface area contributed by atoms with E-state index in [2.05, 4.69) is 0 Å². The first-order chi connectivity index (χ1) is 22.9. The van der Waals surface area contributed by atoms with E-state index in [-0.39, 0.29) is 31.5 Å². The van der Waals surface area contributed by atoms with Gasteiger partial charge in [-0.3, -0.25) is 14.2 Å². The quantitative estimate of drug-likeness (QED) is 0.285. The molecule has 1 aromatic heterocycles. The number of nitrogens with zero attached hydrogens (tertiary/aromatic N) is 3. The zero-order valence-electron chi connectivity index (χ0n) is 26.6. The Labute approximate surface area is 275 Å². The number of hydrogen-bond donors (Lipinski definition) is 0. The average molecular weight is 664 g/mol. The van der Waals surface area contributed by atoms with Gasteiger partial charge in [-0.25, -0.2) is 9.79 Å². The van der Waals surface area contributed by atoms with E-state index < -0.39 is 12.0 Å². The highest BCUT2D eigenvalue weighted by atomic mass is 32.1. The molecule has 0 aliphatic carbocycles. The third-order valence-corrected chi connectivity index (χ3v) is 8.87. The van der Waals surface area contributed by atoms with Gasteiger partial charge in [0.2, 0.25) is 6.79 Å². The molecule has 2 aromatic carbocycles. The number of benzene rings is 2. The van der Waals surface area contributed by atoms with Crippen molar-refractivity contribution in [1.82, 2.24) is 9.47 Å². The molecule has 1 saturated heterocycles. The van der Waals surface area contributed by atoms with E-state index in [1.807, 2.05) is 19.9 Å². The summed E-state index contributed by atoms with van der Waals surface area (Å²) in [7, 11) is 0. The van der Waals surface area contributed by atoms with Crippen molar-refractivity contribution in [3.63, 3.8) is 0 Å². The molecule has 12 nitrogen and oxygen atoms in total. The summed E-state index contributed by atoms with van der Waals surface area (Å²) in [5, 5.41) is 0. The third-order valence-electron chi connectivity index (χ3n) is 7.88. The Morgan fingerprint density at radius 3 is 2.57 bits per heavy atom. The molecule has 47 heavy (non-hydrogen) atoms. The summed E-state index contributed by atoms with van der Waals surface area (Å²) in [4.78, 5) is 47.3. The van der Waals surface area contributed by atoms with Crippen molar-refractivity contribution >= 4 is 29.3 Å². The Balaban J connectivity index is 1.39. The molecule has 1 atom stereocenters. The van der Waals surface area contributed by atoms with Gasteiger partial charge >= 0.3 is 5.97 Å². The Kier molecular flexibility index (Phi) is 9.92. The van der Waals surface area contributed by atoms with Crippen molar-refractivity contribution in [2.45, 2.75) is 39.7 Å². The van der Waals surface area contributed by atoms with Gasteiger partial charge in [-0.2, -0.15) is 0 Å². The topological polar surface area (TPSA) is 127 Å². The molecule has 0 spiro atoms. The van der Waals surface area contributed by atoms with Gasteiger partial charge in [0, 0.05) is 13.1 Å². The fourth-order valence-electron chi connectivity index (χ4n) is 5.72. The zero-order chi connectivity index (χ0) is 32.9. The van der Waals surface area contributed by atoms with Crippen molar-refractivity contribution in [3.8, 4) is 23.0 Å². The summed E-state index contributed by atoms with van der Waals surface area (Å²) in [6, 6.07) is 9.95. The van der Waals surface area contributed by atoms with Gasteiger partial charge in [-0.15, -0.1) is 0 Å². The molecule has 0 saturated carbocycles. The van der Waals surface area contributed by atoms with Crippen molar-refractivity contribution in [3.05, 3.63) is 78.5 Å². The molecule has 0 unspecified atom stereocenters. The number of carbonyl (C=O) groups excluding carboxylic acids is 2. The minimum absolute atomic E-state index is 0.0982. The van der Waals surface area contributed by atoms with Gasteiger partial charge in [0.05, 0.1) is 48.3 Å². The first-order valence-electron chi connectivity index (χ1n) is 15.8. The molecule has 6 rings (SSSR count). The van der Waals surface area contributed by atoms with E-state index in [4.69, 9.17) is 33.4 Å². The number of fused-ring (bicyclic) bond motifs is 2. The van der Waals surface area contributed by atoms with Gasteiger partial charge < -0.3 is 33.3 Å². The molecular weight excluding hydrogens is 626 g/mol. The fraction of sp³-hybridized carbons (Fsp3) is 0.412. The molecule has 1 amide bonds. The van der Waals surface area contributed by atoms with Gasteiger partial charge in [0.15, 0.2) is 34.4 Å². The highest BCUT2D eigenvalue weighted by Crippen LogP contribution is 2.39. The molecule has 13 heteroatoms. The van der Waals surface area contributed by atoms with Crippen LogP contribution in [-0.2, 0) is 19.1 Å². The lowest BCUT2D eigenvalue weighted by Crippen LogP contribution is -2.43. The Morgan fingerprint density at radius 1 is 1.00 bits per heavy atom. The number of rotatable bonds is 11. The second-order valence-corrected chi connectivity index (χ2v) is 12.0. The van der Waals surface area contributed by atoms with E-state index in [1.54, 1.807) is 52.8 Å². The van der Waals surface area contributed by atoms with Crippen molar-refractivity contribution in [2.75, 3.05) is 52.9 Å². The standard InChI is InChI=1S/C34H37N3O9S/c1-4-7-23-30(33(40)43-6-3)31(22-9-11-25-27(18-22)46-20-45-25)37-32(39)28(47-34(37)35-23)17-21-8-10-24(26(16-21)42-5-2)44-19-29(38)36-12-14-41-15-13-36/h8-11,16-18,31H,4-7,12-15,19-20H2,1-3H3/b28-17+/t31-/m1/s1. The lowest BCUT2D eigenvalue weighted by molar-refractivity contribution is -0.139. The van der Waals surface area contributed by atoms with Crippen LogP contribution in [0.5, 0.6) is 23.0 Å². The van der Waals surface area contributed by atoms with Crippen molar-refractivity contribution in [1.29, 1.82) is 0 Å². The molecule has 248 valence electrons. The predicted molar refractivity (Wildman–Crippen MR) is 173 cm³/mol. The van der Waals surface area contributed by atoms with Crippen LogP contribution in [-0.4, -0.2) is 74.3 Å². The minimum Gasteiger partial charge on any atom is -0.490 e. The number of morpholine rings is 1. The first kappa shape index (κ1) is 32.3. The van der Waals surface area contributed by atoms with Crippen LogP contribution in [0.3, 0.4) is 0 Å². The number of thiazole rings is 1. The molecule has 4 heterocycles. The molecule has 0 N–H and O–H groups in total. The summed E-state index contributed by atoms with van der Waals surface area (Å²) in [5.74, 6) is 1.39. The minimum atomic E-state index is -0.776. The number of hydrogen-bond acceptors (Lipinski definition) is 11. The number of ether oxygens (including phenoxy) is 6. The van der Waals surface area contributed by atoms with Crippen LogP contribution in [0, 0.1) is 0 Å². The molecule has 1 fully saturated rings. The Morgan fingerprint density at radius 2 is 1.81 bits per heavy atom. The molecule has 0 radical (unpaired) electrons. The third kappa shape index (κ3) is 6.77. The van der Waals surface area contributed by atoms with Crippen LogP contribution in [0.25, 0.3) is 6.08 Å². The van der Waals surface area contributed by atoms with Crippen LogP contribution in [0.2, 0.25) is 0 Å². The molecular formula is C34H37N3O9S. The first-order valence-corrected chi connectivity index (χ1v) is 16.6. The number of aromatic nitrogens is 1. The molecule has 3 aromatic rings. The summed E-state index contributed by atoms with van der Waals surface area (Å²) in [6.07, 6.45) is 3.05. The Hall–Kier alpha value is -4.62. The summed E-state index contributed by atoms with van der Waals surface area (Å²) >= 11 is 1.24. The second kappa shape index (κ2) is 14.4. The average Bonchev–Trinajstić information content (AvgIpc) is 3.67. The largest absolute Gasteiger partial charge is 0.490 e. The lowest BCUT2D eigenvalue weighted by atomic mass is 9.94. The van der Waals surface area contributed by atoms with Crippen molar-refractivity contribution < 1.29 is 38.0 Å². The van der Waals surface area contributed by atoms with Gasteiger partial charge in [-0.1, -0.05) is 36.8 Å². The predicted octanol–water partition coefficient (Wildman–Crippen LogP) is 2.94. The van der Waals surface area contributed by atoms with E-state index in [1.165, 1.54) is 11.3 Å². The van der Waals surface area contributed by atoms with Gasteiger partial charge in [-0.05, 0) is 61.7 Å². The zero-order valence-corrected chi connectivity index (χ0v) is 27.4. The van der Waals surface area contributed by atoms with Crippen LogP contribution in [0.4, 0.5) is 0 Å². The summed E-state index contributed by atoms with van der Waals surface area (Å²) < 4.78 is 35.7. The monoisotopic (exact) mass is 663 g/mol. The van der Waals surface area contributed by atoms with Gasteiger partial charge in [0.25, 0.3) is 11.5 Å². The van der Waals surface area contributed by atoms with Crippen LogP contribution < -0.4 is 33.8 Å².